The van der Waals surface area contributed by atoms with Crippen LogP contribution in [-0.2, 0) is 11.3 Å². The number of nitrogens with one attached hydrogen (secondary N) is 2. The summed E-state index contributed by atoms with van der Waals surface area (Å²) in [6, 6.07) is 3.78. The summed E-state index contributed by atoms with van der Waals surface area (Å²) in [5, 5.41) is 5.46. The van der Waals surface area contributed by atoms with Gasteiger partial charge in [-0.3, -0.25) is 4.79 Å². The van der Waals surface area contributed by atoms with E-state index in [4.69, 9.17) is 0 Å². The fourth-order valence-electron chi connectivity index (χ4n) is 1.88. The lowest BCUT2D eigenvalue weighted by atomic mass is 10.2. The van der Waals surface area contributed by atoms with Crippen molar-refractivity contribution in [2.45, 2.75) is 25.2 Å². The first-order chi connectivity index (χ1) is 8.56. The second kappa shape index (κ2) is 7.17. The van der Waals surface area contributed by atoms with Gasteiger partial charge >= 0.3 is 0 Å². The van der Waals surface area contributed by atoms with E-state index in [1.165, 1.54) is 12.1 Å². The number of amides is 1. The number of halogens is 4. The summed E-state index contributed by atoms with van der Waals surface area (Å²) in [6.07, 6.45) is -0.780. The van der Waals surface area contributed by atoms with Crippen molar-refractivity contribution in [1.82, 2.24) is 10.6 Å². The SMILES string of the molecule is Cl.O=C(NCc1cc(F)ccc1Br)[C@H]1C[C@H](F)CN1. The van der Waals surface area contributed by atoms with Crippen LogP contribution in [0.2, 0.25) is 0 Å². The number of benzene rings is 1. The van der Waals surface area contributed by atoms with Crippen molar-refractivity contribution < 1.29 is 13.6 Å². The highest BCUT2D eigenvalue weighted by molar-refractivity contribution is 9.10. The normalized spacial score (nSPS) is 21.8. The van der Waals surface area contributed by atoms with E-state index < -0.39 is 12.2 Å². The molecule has 1 aromatic carbocycles. The van der Waals surface area contributed by atoms with E-state index in [9.17, 15) is 13.6 Å². The minimum atomic E-state index is -0.971. The molecule has 1 heterocycles. The Labute approximate surface area is 124 Å². The van der Waals surface area contributed by atoms with Gasteiger partial charge in [-0.25, -0.2) is 8.78 Å². The second-order valence-corrected chi connectivity index (χ2v) is 5.10. The lowest BCUT2D eigenvalue weighted by molar-refractivity contribution is -0.123. The molecule has 1 aliphatic heterocycles. The fourth-order valence-corrected chi connectivity index (χ4v) is 2.26. The Kier molecular flexibility index (Phi) is 6.16. The number of hydrogen-bond acceptors (Lipinski definition) is 2. The van der Waals surface area contributed by atoms with Gasteiger partial charge in [-0.1, -0.05) is 15.9 Å². The third-order valence-electron chi connectivity index (χ3n) is 2.85. The summed E-state index contributed by atoms with van der Waals surface area (Å²) >= 11 is 3.28. The summed E-state index contributed by atoms with van der Waals surface area (Å²) in [4.78, 5) is 11.7. The smallest absolute Gasteiger partial charge is 0.237 e. The molecule has 19 heavy (non-hydrogen) atoms. The Hall–Kier alpha value is -0.720. The van der Waals surface area contributed by atoms with E-state index in [1.807, 2.05) is 0 Å². The molecule has 1 aliphatic rings. The summed E-state index contributed by atoms with van der Waals surface area (Å²) in [7, 11) is 0. The van der Waals surface area contributed by atoms with Crippen LogP contribution in [0.25, 0.3) is 0 Å². The largest absolute Gasteiger partial charge is 0.351 e. The van der Waals surface area contributed by atoms with Gasteiger partial charge in [-0.15, -0.1) is 12.4 Å². The van der Waals surface area contributed by atoms with E-state index in [0.717, 1.165) is 4.47 Å². The van der Waals surface area contributed by atoms with Gasteiger partial charge < -0.3 is 10.6 Å². The molecule has 3 nitrogen and oxygen atoms in total. The first-order valence-electron chi connectivity index (χ1n) is 5.65. The number of carbonyl (C=O) groups excluding carboxylic acids is 1. The average Bonchev–Trinajstić information content (AvgIpc) is 2.77. The Morgan fingerprint density at radius 2 is 2.26 bits per heavy atom. The lowest BCUT2D eigenvalue weighted by Crippen LogP contribution is -2.40. The van der Waals surface area contributed by atoms with Crippen molar-refractivity contribution in [2.24, 2.45) is 0 Å². The van der Waals surface area contributed by atoms with E-state index in [2.05, 4.69) is 26.6 Å². The van der Waals surface area contributed by atoms with E-state index >= 15 is 0 Å². The Balaban J connectivity index is 0.00000180. The zero-order chi connectivity index (χ0) is 13.1. The van der Waals surface area contributed by atoms with Crippen LogP contribution >= 0.6 is 28.3 Å². The van der Waals surface area contributed by atoms with Crippen LogP contribution in [0.4, 0.5) is 8.78 Å². The maximum absolute atomic E-state index is 13.0. The molecule has 1 saturated heterocycles. The molecule has 0 aromatic heterocycles. The zero-order valence-electron chi connectivity index (χ0n) is 9.96. The molecule has 0 spiro atoms. The van der Waals surface area contributed by atoms with Gasteiger partial charge in [0.05, 0.1) is 6.04 Å². The van der Waals surface area contributed by atoms with E-state index in [-0.39, 0.29) is 43.6 Å². The van der Waals surface area contributed by atoms with Crippen molar-refractivity contribution in [1.29, 1.82) is 0 Å². The summed E-state index contributed by atoms with van der Waals surface area (Å²) in [6.45, 7) is 0.425. The Bertz CT molecular complexity index is 461. The summed E-state index contributed by atoms with van der Waals surface area (Å²) in [5.41, 5.74) is 0.651. The van der Waals surface area contributed by atoms with Crippen molar-refractivity contribution in [3.63, 3.8) is 0 Å². The molecule has 0 radical (unpaired) electrons. The van der Waals surface area contributed by atoms with Crippen LogP contribution in [0.5, 0.6) is 0 Å². The molecular formula is C12H14BrClF2N2O. The van der Waals surface area contributed by atoms with E-state index in [0.29, 0.717) is 5.56 Å². The number of carbonyl (C=O) groups is 1. The van der Waals surface area contributed by atoms with Gasteiger partial charge in [0.25, 0.3) is 0 Å². The monoisotopic (exact) mass is 354 g/mol. The van der Waals surface area contributed by atoms with Crippen LogP contribution in [0, 0.1) is 5.82 Å². The Morgan fingerprint density at radius 1 is 1.53 bits per heavy atom. The van der Waals surface area contributed by atoms with Gasteiger partial charge in [0.2, 0.25) is 5.91 Å². The van der Waals surface area contributed by atoms with E-state index in [1.54, 1.807) is 6.07 Å². The molecule has 2 rings (SSSR count). The molecule has 1 fully saturated rings. The minimum Gasteiger partial charge on any atom is -0.351 e. The van der Waals surface area contributed by atoms with Crippen molar-refractivity contribution in [2.75, 3.05) is 6.54 Å². The summed E-state index contributed by atoms with van der Waals surface area (Å²) in [5.74, 6) is -0.614. The molecule has 0 unspecified atom stereocenters. The number of alkyl halides is 1. The maximum Gasteiger partial charge on any atom is 0.237 e. The zero-order valence-corrected chi connectivity index (χ0v) is 12.4. The van der Waals surface area contributed by atoms with Gasteiger partial charge in [0, 0.05) is 24.0 Å². The number of rotatable bonds is 3. The van der Waals surface area contributed by atoms with Crippen LogP contribution in [0.3, 0.4) is 0 Å². The highest BCUT2D eigenvalue weighted by Gasteiger charge is 2.28. The minimum absolute atomic E-state index is 0. The molecule has 0 saturated carbocycles. The molecule has 1 amide bonds. The molecule has 0 aliphatic carbocycles. The second-order valence-electron chi connectivity index (χ2n) is 4.25. The summed E-state index contributed by atoms with van der Waals surface area (Å²) < 4.78 is 26.7. The molecule has 2 N–H and O–H groups in total. The van der Waals surface area contributed by atoms with Gasteiger partial charge in [-0.2, -0.15) is 0 Å². The maximum atomic E-state index is 13.0. The van der Waals surface area contributed by atoms with Gasteiger partial charge in [-0.05, 0) is 23.8 Å². The van der Waals surface area contributed by atoms with Crippen LogP contribution in [-0.4, -0.2) is 24.7 Å². The Morgan fingerprint density at radius 3 is 2.89 bits per heavy atom. The number of hydrogen-bond donors (Lipinski definition) is 2. The molecule has 1 aromatic rings. The third-order valence-corrected chi connectivity index (χ3v) is 3.63. The van der Waals surface area contributed by atoms with Crippen LogP contribution < -0.4 is 10.6 Å². The van der Waals surface area contributed by atoms with Crippen molar-refractivity contribution in [3.8, 4) is 0 Å². The lowest BCUT2D eigenvalue weighted by Gasteiger charge is -2.11. The molecular weight excluding hydrogens is 341 g/mol. The molecule has 106 valence electrons. The predicted octanol–water partition coefficient (Wildman–Crippen LogP) is 2.33. The standard InChI is InChI=1S/C12H13BrF2N2O.ClH/c13-10-2-1-8(14)3-7(10)5-17-12(18)11-4-9(15)6-16-11;/h1-3,9,11,16H,4-6H2,(H,17,18);1H/t9-,11+;/m0./s1. The van der Waals surface area contributed by atoms with Crippen molar-refractivity contribution >= 4 is 34.2 Å². The van der Waals surface area contributed by atoms with Crippen LogP contribution in [0.15, 0.2) is 22.7 Å². The fraction of sp³-hybridized carbons (Fsp3) is 0.417. The predicted molar refractivity (Wildman–Crippen MR) is 74.5 cm³/mol. The highest BCUT2D eigenvalue weighted by Crippen LogP contribution is 2.18. The van der Waals surface area contributed by atoms with Gasteiger partial charge in [0.1, 0.15) is 12.0 Å². The quantitative estimate of drug-likeness (QED) is 0.874. The molecule has 0 bridgehead atoms. The topological polar surface area (TPSA) is 41.1 Å². The average molecular weight is 356 g/mol. The van der Waals surface area contributed by atoms with Crippen LogP contribution in [0.1, 0.15) is 12.0 Å². The molecule has 7 heteroatoms. The first kappa shape index (κ1) is 16.3. The van der Waals surface area contributed by atoms with Crippen molar-refractivity contribution in [3.05, 3.63) is 34.1 Å². The highest BCUT2D eigenvalue weighted by atomic mass is 79.9. The first-order valence-corrected chi connectivity index (χ1v) is 6.44. The van der Waals surface area contributed by atoms with Gasteiger partial charge in [0.15, 0.2) is 0 Å². The third kappa shape index (κ3) is 4.40. The molecule has 2 atom stereocenters.